The van der Waals surface area contributed by atoms with Gasteiger partial charge in [0.25, 0.3) is 0 Å². The number of tetrazole rings is 1. The molecule has 1 aliphatic rings. The molecule has 0 aliphatic carbocycles. The lowest BCUT2D eigenvalue weighted by atomic mass is 10.1. The van der Waals surface area contributed by atoms with Gasteiger partial charge in [0, 0.05) is 24.4 Å². The SMILES string of the molecule is COC(=O)[C@H]1CN(C(=O)Cn2nnc(-c3cccc(C(F)(F)F)c3)n2)CCS1. The number of halogens is 3. The van der Waals surface area contributed by atoms with Crippen LogP contribution in [-0.2, 0) is 27.0 Å². The van der Waals surface area contributed by atoms with Crippen molar-refractivity contribution in [1.82, 2.24) is 25.1 Å². The molecular weight excluding hydrogens is 399 g/mol. The summed E-state index contributed by atoms with van der Waals surface area (Å²) in [5, 5.41) is 11.0. The molecule has 0 unspecified atom stereocenters. The average Bonchev–Trinajstić information content (AvgIpc) is 3.15. The number of ether oxygens (including phenoxy) is 1. The van der Waals surface area contributed by atoms with Gasteiger partial charge in [0.2, 0.25) is 11.7 Å². The van der Waals surface area contributed by atoms with Crippen LogP contribution in [0.4, 0.5) is 13.2 Å². The molecule has 1 aromatic heterocycles. The zero-order valence-corrected chi connectivity index (χ0v) is 15.5. The van der Waals surface area contributed by atoms with Crippen LogP contribution >= 0.6 is 11.8 Å². The molecule has 0 radical (unpaired) electrons. The van der Waals surface area contributed by atoms with Crippen LogP contribution in [-0.4, -0.2) is 68.2 Å². The van der Waals surface area contributed by atoms with Gasteiger partial charge in [-0.1, -0.05) is 12.1 Å². The second-order valence-electron chi connectivity index (χ2n) is 5.94. The minimum atomic E-state index is -4.48. The van der Waals surface area contributed by atoms with Gasteiger partial charge >= 0.3 is 12.1 Å². The van der Waals surface area contributed by atoms with E-state index in [-0.39, 0.29) is 30.4 Å². The van der Waals surface area contributed by atoms with Gasteiger partial charge in [0.05, 0.1) is 12.7 Å². The van der Waals surface area contributed by atoms with E-state index in [9.17, 15) is 22.8 Å². The fraction of sp³-hybridized carbons (Fsp3) is 0.438. The highest BCUT2D eigenvalue weighted by atomic mass is 32.2. The standard InChI is InChI=1S/C16H16F3N5O3S/c1-27-15(26)12-8-23(5-6-28-12)13(25)9-24-21-14(20-22-24)10-3-2-4-11(7-10)16(17,18)19/h2-4,7,12H,5-6,8-9H2,1H3/t12-/m1/s1. The lowest BCUT2D eigenvalue weighted by molar-refractivity contribution is -0.141. The summed E-state index contributed by atoms with van der Waals surface area (Å²) in [6, 6.07) is 4.55. The van der Waals surface area contributed by atoms with Crippen molar-refractivity contribution in [3.8, 4) is 11.4 Å². The molecule has 2 aromatic rings. The van der Waals surface area contributed by atoms with E-state index in [0.29, 0.717) is 12.3 Å². The van der Waals surface area contributed by atoms with Gasteiger partial charge in [-0.3, -0.25) is 9.59 Å². The third-order valence-corrected chi connectivity index (χ3v) is 5.22. The molecule has 1 atom stereocenters. The summed E-state index contributed by atoms with van der Waals surface area (Å²) >= 11 is 1.42. The topological polar surface area (TPSA) is 90.2 Å². The van der Waals surface area contributed by atoms with E-state index in [1.807, 2.05) is 0 Å². The molecule has 1 amide bonds. The zero-order valence-electron chi connectivity index (χ0n) is 14.7. The largest absolute Gasteiger partial charge is 0.468 e. The predicted octanol–water partition coefficient (Wildman–Crippen LogP) is 1.48. The molecule has 1 aliphatic heterocycles. The van der Waals surface area contributed by atoms with Crippen LogP contribution < -0.4 is 0 Å². The van der Waals surface area contributed by atoms with Gasteiger partial charge in [-0.15, -0.1) is 22.0 Å². The number of carbonyl (C=O) groups is 2. The molecule has 150 valence electrons. The summed E-state index contributed by atoms with van der Waals surface area (Å²) in [7, 11) is 1.29. The van der Waals surface area contributed by atoms with Crippen molar-refractivity contribution in [3.63, 3.8) is 0 Å². The summed E-state index contributed by atoms with van der Waals surface area (Å²) in [5.74, 6) is -0.137. The summed E-state index contributed by atoms with van der Waals surface area (Å²) in [4.78, 5) is 26.6. The molecule has 0 N–H and O–H groups in total. The van der Waals surface area contributed by atoms with E-state index >= 15 is 0 Å². The van der Waals surface area contributed by atoms with Gasteiger partial charge in [-0.05, 0) is 17.3 Å². The summed E-state index contributed by atoms with van der Waals surface area (Å²) in [5.41, 5.74) is -0.675. The van der Waals surface area contributed by atoms with Crippen molar-refractivity contribution >= 4 is 23.6 Å². The molecular formula is C16H16F3N5O3S. The Balaban J connectivity index is 1.68. The van der Waals surface area contributed by atoms with E-state index in [1.165, 1.54) is 35.9 Å². The minimum absolute atomic E-state index is 0.0134. The van der Waals surface area contributed by atoms with Crippen molar-refractivity contribution in [3.05, 3.63) is 29.8 Å². The van der Waals surface area contributed by atoms with Crippen molar-refractivity contribution < 1.29 is 27.5 Å². The molecule has 1 saturated heterocycles. The molecule has 0 spiro atoms. The maximum atomic E-state index is 12.8. The van der Waals surface area contributed by atoms with Crippen LogP contribution in [0.5, 0.6) is 0 Å². The molecule has 0 saturated carbocycles. The second kappa shape index (κ2) is 8.17. The van der Waals surface area contributed by atoms with Gasteiger partial charge < -0.3 is 9.64 Å². The molecule has 8 nitrogen and oxygen atoms in total. The number of thioether (sulfide) groups is 1. The molecule has 1 aromatic carbocycles. The maximum Gasteiger partial charge on any atom is 0.416 e. The van der Waals surface area contributed by atoms with Gasteiger partial charge in [0.15, 0.2) is 0 Å². The summed E-state index contributed by atoms with van der Waals surface area (Å²) < 4.78 is 43.2. The first-order valence-electron chi connectivity index (χ1n) is 8.20. The third-order valence-electron chi connectivity index (χ3n) is 4.06. The third kappa shape index (κ3) is 4.61. The van der Waals surface area contributed by atoms with E-state index in [0.717, 1.165) is 16.9 Å². The molecule has 1 fully saturated rings. The molecule has 2 heterocycles. The van der Waals surface area contributed by atoms with E-state index < -0.39 is 23.0 Å². The first kappa shape index (κ1) is 20.1. The Bertz CT molecular complexity index is 873. The number of hydrogen-bond donors (Lipinski definition) is 0. The normalized spacial score (nSPS) is 17.4. The monoisotopic (exact) mass is 415 g/mol. The van der Waals surface area contributed by atoms with Crippen LogP contribution in [0.1, 0.15) is 5.56 Å². The second-order valence-corrected chi connectivity index (χ2v) is 7.25. The number of hydrogen-bond acceptors (Lipinski definition) is 7. The zero-order chi connectivity index (χ0) is 20.3. The predicted molar refractivity (Wildman–Crippen MR) is 93.1 cm³/mol. The maximum absolute atomic E-state index is 12.8. The molecule has 0 bridgehead atoms. The fourth-order valence-corrected chi connectivity index (χ4v) is 3.76. The first-order chi connectivity index (χ1) is 13.3. The molecule has 28 heavy (non-hydrogen) atoms. The number of methoxy groups -OCH3 is 1. The minimum Gasteiger partial charge on any atom is -0.468 e. The van der Waals surface area contributed by atoms with Crippen molar-refractivity contribution in [2.75, 3.05) is 26.0 Å². The van der Waals surface area contributed by atoms with Crippen molar-refractivity contribution in [2.45, 2.75) is 18.0 Å². The van der Waals surface area contributed by atoms with Gasteiger partial charge in [-0.2, -0.15) is 18.0 Å². The van der Waals surface area contributed by atoms with Crippen LogP contribution in [0.15, 0.2) is 24.3 Å². The van der Waals surface area contributed by atoms with Gasteiger partial charge in [0.1, 0.15) is 11.8 Å². The number of rotatable bonds is 4. The Hall–Kier alpha value is -2.63. The van der Waals surface area contributed by atoms with Crippen LogP contribution in [0.25, 0.3) is 11.4 Å². The number of carbonyl (C=O) groups excluding carboxylic acids is 2. The van der Waals surface area contributed by atoms with E-state index in [2.05, 4.69) is 15.4 Å². The number of alkyl halides is 3. The fourth-order valence-electron chi connectivity index (χ4n) is 2.63. The van der Waals surface area contributed by atoms with Crippen LogP contribution in [0.3, 0.4) is 0 Å². The average molecular weight is 415 g/mol. The Morgan fingerprint density at radius 1 is 1.36 bits per heavy atom. The highest BCUT2D eigenvalue weighted by molar-refractivity contribution is 8.00. The first-order valence-corrected chi connectivity index (χ1v) is 9.25. The highest BCUT2D eigenvalue weighted by Gasteiger charge is 2.31. The summed E-state index contributed by atoms with van der Waals surface area (Å²) in [6.07, 6.45) is -4.48. The van der Waals surface area contributed by atoms with Crippen LogP contribution in [0, 0.1) is 0 Å². The number of aromatic nitrogens is 4. The molecule has 12 heteroatoms. The smallest absolute Gasteiger partial charge is 0.416 e. The Labute approximate surface area is 162 Å². The highest BCUT2D eigenvalue weighted by Crippen LogP contribution is 2.31. The lowest BCUT2D eigenvalue weighted by Gasteiger charge is -2.30. The number of benzene rings is 1. The Morgan fingerprint density at radius 2 is 2.14 bits per heavy atom. The lowest BCUT2D eigenvalue weighted by Crippen LogP contribution is -2.46. The number of esters is 1. The number of amides is 1. The Morgan fingerprint density at radius 3 is 2.86 bits per heavy atom. The van der Waals surface area contributed by atoms with E-state index in [1.54, 1.807) is 0 Å². The van der Waals surface area contributed by atoms with Gasteiger partial charge in [-0.25, -0.2) is 0 Å². The van der Waals surface area contributed by atoms with Crippen LogP contribution in [0.2, 0.25) is 0 Å². The molecule has 3 rings (SSSR count). The quantitative estimate of drug-likeness (QED) is 0.699. The van der Waals surface area contributed by atoms with Crippen molar-refractivity contribution in [1.29, 1.82) is 0 Å². The summed E-state index contributed by atoms with van der Waals surface area (Å²) in [6.45, 7) is 0.446. The van der Waals surface area contributed by atoms with Crippen molar-refractivity contribution in [2.24, 2.45) is 0 Å². The van der Waals surface area contributed by atoms with E-state index in [4.69, 9.17) is 4.74 Å². The number of nitrogens with zero attached hydrogens (tertiary/aromatic N) is 5. The Kier molecular flexibility index (Phi) is 5.87.